The number of aromatic nitrogens is 1. The van der Waals surface area contributed by atoms with Gasteiger partial charge in [-0.15, -0.1) is 0 Å². The third-order valence-electron chi connectivity index (χ3n) is 3.44. The molecule has 0 radical (unpaired) electrons. The van der Waals surface area contributed by atoms with Crippen molar-refractivity contribution in [2.24, 2.45) is 5.10 Å². The van der Waals surface area contributed by atoms with Crippen LogP contribution in [-0.4, -0.2) is 36.7 Å². The average Bonchev–Trinajstić information content (AvgIpc) is 2.67. The standard InChI is InChI=1S/C18H19ClN4O4/c1-11(22-23-18(25)12-5-4-6-20-10-12)7-17(24)21-14-9-15(26-2)13(19)8-16(14)27-3/h4-6,8-10H,7H2,1-3H3,(H,21,24)(H,23,25). The van der Waals surface area contributed by atoms with Gasteiger partial charge in [0, 0.05) is 30.2 Å². The average molecular weight is 391 g/mol. The molecule has 0 spiro atoms. The van der Waals surface area contributed by atoms with Crippen LogP contribution in [0.4, 0.5) is 5.69 Å². The molecule has 8 nitrogen and oxygen atoms in total. The Bertz CT molecular complexity index is 856. The lowest BCUT2D eigenvalue weighted by molar-refractivity contribution is -0.115. The molecule has 0 saturated heterocycles. The number of carbonyl (C=O) groups is 2. The van der Waals surface area contributed by atoms with E-state index in [2.05, 4.69) is 20.8 Å². The summed E-state index contributed by atoms with van der Waals surface area (Å²) < 4.78 is 10.4. The van der Waals surface area contributed by atoms with Gasteiger partial charge in [0.05, 0.1) is 36.9 Å². The number of hydrazone groups is 1. The number of methoxy groups -OCH3 is 2. The molecule has 2 rings (SSSR count). The fourth-order valence-electron chi connectivity index (χ4n) is 2.13. The first-order valence-electron chi connectivity index (χ1n) is 7.89. The van der Waals surface area contributed by atoms with Gasteiger partial charge in [-0.2, -0.15) is 5.10 Å². The number of anilines is 1. The second-order valence-electron chi connectivity index (χ2n) is 5.44. The molecular weight excluding hydrogens is 372 g/mol. The van der Waals surface area contributed by atoms with Gasteiger partial charge >= 0.3 is 0 Å². The Balaban J connectivity index is 1.99. The van der Waals surface area contributed by atoms with Crippen LogP contribution in [0.5, 0.6) is 11.5 Å². The Morgan fingerprint density at radius 1 is 1.22 bits per heavy atom. The summed E-state index contributed by atoms with van der Waals surface area (Å²) in [6, 6.07) is 6.37. The van der Waals surface area contributed by atoms with Crippen molar-refractivity contribution in [3.05, 3.63) is 47.2 Å². The highest BCUT2D eigenvalue weighted by atomic mass is 35.5. The van der Waals surface area contributed by atoms with Crippen LogP contribution in [0.2, 0.25) is 5.02 Å². The molecule has 0 aliphatic rings. The van der Waals surface area contributed by atoms with Gasteiger partial charge in [-0.05, 0) is 19.1 Å². The van der Waals surface area contributed by atoms with Gasteiger partial charge in [-0.3, -0.25) is 14.6 Å². The Hall–Kier alpha value is -3.13. The van der Waals surface area contributed by atoms with Crippen LogP contribution in [0.15, 0.2) is 41.8 Å². The van der Waals surface area contributed by atoms with E-state index >= 15 is 0 Å². The van der Waals surface area contributed by atoms with Crippen LogP contribution in [0.3, 0.4) is 0 Å². The van der Waals surface area contributed by atoms with E-state index in [9.17, 15) is 9.59 Å². The first kappa shape index (κ1) is 20.2. The smallest absolute Gasteiger partial charge is 0.272 e. The van der Waals surface area contributed by atoms with Gasteiger partial charge < -0.3 is 14.8 Å². The van der Waals surface area contributed by atoms with Crippen LogP contribution in [-0.2, 0) is 4.79 Å². The maximum atomic E-state index is 12.2. The molecule has 1 heterocycles. The molecule has 0 fully saturated rings. The fourth-order valence-corrected chi connectivity index (χ4v) is 2.36. The predicted molar refractivity (Wildman–Crippen MR) is 103 cm³/mol. The summed E-state index contributed by atoms with van der Waals surface area (Å²) >= 11 is 6.04. The first-order valence-corrected chi connectivity index (χ1v) is 8.27. The van der Waals surface area contributed by atoms with E-state index in [0.29, 0.717) is 33.5 Å². The second kappa shape index (κ2) is 9.54. The molecule has 2 amide bonds. The fraction of sp³-hybridized carbons (Fsp3) is 0.222. The molecule has 1 aromatic heterocycles. The Kier molecular flexibility index (Phi) is 7.13. The monoisotopic (exact) mass is 390 g/mol. The number of hydrogen-bond donors (Lipinski definition) is 2. The number of benzene rings is 1. The zero-order chi connectivity index (χ0) is 19.8. The zero-order valence-electron chi connectivity index (χ0n) is 15.1. The summed E-state index contributed by atoms with van der Waals surface area (Å²) in [5, 5.41) is 7.00. The first-order chi connectivity index (χ1) is 12.9. The quantitative estimate of drug-likeness (QED) is 0.559. The van der Waals surface area contributed by atoms with Gasteiger partial charge in [-0.1, -0.05) is 11.6 Å². The normalized spacial score (nSPS) is 10.9. The molecule has 2 aromatic rings. The molecule has 0 unspecified atom stereocenters. The molecule has 2 N–H and O–H groups in total. The van der Waals surface area contributed by atoms with E-state index in [0.717, 1.165) is 0 Å². The summed E-state index contributed by atoms with van der Waals surface area (Å²) in [5.41, 5.74) is 3.59. The number of carbonyl (C=O) groups excluding carboxylic acids is 2. The lowest BCUT2D eigenvalue weighted by Crippen LogP contribution is -2.21. The van der Waals surface area contributed by atoms with E-state index in [1.54, 1.807) is 37.4 Å². The van der Waals surface area contributed by atoms with Crippen LogP contribution in [0.1, 0.15) is 23.7 Å². The van der Waals surface area contributed by atoms with Gasteiger partial charge in [0.25, 0.3) is 5.91 Å². The van der Waals surface area contributed by atoms with E-state index in [1.807, 2.05) is 0 Å². The van der Waals surface area contributed by atoms with Crippen LogP contribution >= 0.6 is 11.6 Å². The lowest BCUT2D eigenvalue weighted by atomic mass is 10.2. The molecule has 0 aliphatic heterocycles. The number of halogens is 1. The third kappa shape index (κ3) is 5.68. The van der Waals surface area contributed by atoms with Crippen molar-refractivity contribution in [1.29, 1.82) is 0 Å². The number of rotatable bonds is 7. The summed E-state index contributed by atoms with van der Waals surface area (Å²) in [6.45, 7) is 1.63. The zero-order valence-corrected chi connectivity index (χ0v) is 15.8. The number of pyridine rings is 1. The van der Waals surface area contributed by atoms with Gasteiger partial charge in [0.1, 0.15) is 11.5 Å². The van der Waals surface area contributed by atoms with Gasteiger partial charge in [0.2, 0.25) is 5.91 Å². The van der Waals surface area contributed by atoms with Gasteiger partial charge in [-0.25, -0.2) is 5.43 Å². The van der Waals surface area contributed by atoms with E-state index < -0.39 is 5.91 Å². The van der Waals surface area contributed by atoms with E-state index in [-0.39, 0.29) is 12.3 Å². The second-order valence-corrected chi connectivity index (χ2v) is 5.85. The minimum absolute atomic E-state index is 0.0264. The molecular formula is C18H19ClN4O4. The van der Waals surface area contributed by atoms with Crippen molar-refractivity contribution in [3.63, 3.8) is 0 Å². The van der Waals surface area contributed by atoms with Crippen LogP contribution in [0, 0.1) is 0 Å². The van der Waals surface area contributed by atoms with Crippen molar-refractivity contribution in [2.45, 2.75) is 13.3 Å². The summed E-state index contributed by atoms with van der Waals surface area (Å²) in [6.07, 6.45) is 2.96. The van der Waals surface area contributed by atoms with Crippen molar-refractivity contribution >= 4 is 34.8 Å². The van der Waals surface area contributed by atoms with Crippen LogP contribution in [0.25, 0.3) is 0 Å². The van der Waals surface area contributed by atoms with Crippen molar-refractivity contribution < 1.29 is 19.1 Å². The van der Waals surface area contributed by atoms with Crippen molar-refractivity contribution in [2.75, 3.05) is 19.5 Å². The maximum Gasteiger partial charge on any atom is 0.272 e. The van der Waals surface area contributed by atoms with Crippen molar-refractivity contribution in [3.8, 4) is 11.5 Å². The lowest BCUT2D eigenvalue weighted by Gasteiger charge is -2.13. The summed E-state index contributed by atoms with van der Waals surface area (Å²) in [4.78, 5) is 28.0. The highest BCUT2D eigenvalue weighted by Crippen LogP contribution is 2.35. The minimum atomic E-state index is -0.410. The Morgan fingerprint density at radius 3 is 2.59 bits per heavy atom. The molecule has 0 bridgehead atoms. The number of amides is 2. The Morgan fingerprint density at radius 2 is 1.96 bits per heavy atom. The van der Waals surface area contributed by atoms with E-state index in [1.165, 1.54) is 20.4 Å². The van der Waals surface area contributed by atoms with Crippen LogP contribution < -0.4 is 20.2 Å². The van der Waals surface area contributed by atoms with E-state index in [4.69, 9.17) is 21.1 Å². The SMILES string of the molecule is COc1cc(NC(=O)CC(C)=NNC(=O)c2cccnc2)c(OC)cc1Cl. The highest BCUT2D eigenvalue weighted by molar-refractivity contribution is 6.32. The maximum absolute atomic E-state index is 12.2. The molecule has 9 heteroatoms. The molecule has 142 valence electrons. The number of nitrogens with one attached hydrogen (secondary N) is 2. The largest absolute Gasteiger partial charge is 0.495 e. The molecule has 0 aliphatic carbocycles. The number of nitrogens with zero attached hydrogens (tertiary/aromatic N) is 2. The van der Waals surface area contributed by atoms with Crippen molar-refractivity contribution in [1.82, 2.24) is 10.4 Å². The molecule has 1 aromatic carbocycles. The topological polar surface area (TPSA) is 102 Å². The Labute approximate surface area is 161 Å². The van der Waals surface area contributed by atoms with Gasteiger partial charge in [0.15, 0.2) is 0 Å². The number of ether oxygens (including phenoxy) is 2. The summed E-state index contributed by atoms with van der Waals surface area (Å²) in [7, 11) is 2.94. The summed E-state index contributed by atoms with van der Waals surface area (Å²) in [5.74, 6) is 0.0528. The third-order valence-corrected chi connectivity index (χ3v) is 3.73. The molecule has 27 heavy (non-hydrogen) atoms. The molecule has 0 saturated carbocycles. The molecule has 0 atom stereocenters. The number of hydrogen-bond acceptors (Lipinski definition) is 6. The highest BCUT2D eigenvalue weighted by Gasteiger charge is 2.13. The predicted octanol–water partition coefficient (Wildman–Crippen LogP) is 2.89. The minimum Gasteiger partial charge on any atom is -0.495 e.